The zero-order valence-corrected chi connectivity index (χ0v) is 11.8. The summed E-state index contributed by atoms with van der Waals surface area (Å²) in [5.74, 6) is 2.85. The summed E-state index contributed by atoms with van der Waals surface area (Å²) >= 11 is 2.06. The van der Waals surface area contributed by atoms with Crippen molar-refractivity contribution in [3.63, 3.8) is 0 Å². The number of thioether (sulfide) groups is 1. The van der Waals surface area contributed by atoms with Crippen LogP contribution in [0.15, 0.2) is 12.4 Å². The molecule has 0 spiro atoms. The first-order valence-electron chi connectivity index (χ1n) is 6.87. The quantitative estimate of drug-likeness (QED) is 0.823. The molecule has 3 heterocycles. The van der Waals surface area contributed by atoms with E-state index in [4.69, 9.17) is 0 Å². The van der Waals surface area contributed by atoms with E-state index in [1.54, 1.807) is 0 Å². The molecular weight excluding hydrogens is 263 g/mol. The van der Waals surface area contributed by atoms with Crippen LogP contribution in [0.3, 0.4) is 0 Å². The smallest absolute Gasteiger partial charge is 0.225 e. The highest BCUT2D eigenvalue weighted by Crippen LogP contribution is 2.23. The second-order valence-corrected chi connectivity index (χ2v) is 6.25. The summed E-state index contributed by atoms with van der Waals surface area (Å²) in [6.07, 6.45) is 4.94. The van der Waals surface area contributed by atoms with E-state index >= 15 is 0 Å². The molecule has 0 aromatic carbocycles. The van der Waals surface area contributed by atoms with E-state index in [9.17, 15) is 4.39 Å². The molecule has 2 saturated heterocycles. The van der Waals surface area contributed by atoms with Gasteiger partial charge < -0.3 is 4.90 Å². The van der Waals surface area contributed by atoms with Gasteiger partial charge in [0.25, 0.3) is 0 Å². The Morgan fingerprint density at radius 3 is 2.74 bits per heavy atom. The molecule has 1 aromatic heterocycles. The molecule has 0 N–H and O–H groups in total. The van der Waals surface area contributed by atoms with Crippen molar-refractivity contribution in [2.45, 2.75) is 18.9 Å². The number of halogens is 1. The lowest BCUT2D eigenvalue weighted by molar-refractivity contribution is 0.228. The summed E-state index contributed by atoms with van der Waals surface area (Å²) in [6, 6.07) is 0.749. The highest BCUT2D eigenvalue weighted by molar-refractivity contribution is 7.99. The molecule has 2 fully saturated rings. The summed E-state index contributed by atoms with van der Waals surface area (Å²) in [5.41, 5.74) is 0. The number of nitrogens with zero attached hydrogens (tertiary/aromatic N) is 4. The number of aromatic nitrogens is 2. The van der Waals surface area contributed by atoms with Crippen molar-refractivity contribution in [2.24, 2.45) is 0 Å². The predicted octanol–water partition coefficient (Wildman–Crippen LogP) is 1.63. The maximum absolute atomic E-state index is 12.8. The predicted molar refractivity (Wildman–Crippen MR) is 76.1 cm³/mol. The fraction of sp³-hybridized carbons (Fsp3) is 0.692. The monoisotopic (exact) mass is 282 g/mol. The normalized spacial score (nSPS) is 25.5. The second-order valence-electron chi connectivity index (χ2n) is 5.10. The average molecular weight is 282 g/mol. The van der Waals surface area contributed by atoms with E-state index in [-0.39, 0.29) is 5.82 Å². The van der Waals surface area contributed by atoms with Crippen LogP contribution in [0, 0.1) is 5.82 Å². The van der Waals surface area contributed by atoms with Gasteiger partial charge in [0.05, 0.1) is 12.4 Å². The van der Waals surface area contributed by atoms with Crippen molar-refractivity contribution in [3.05, 3.63) is 18.2 Å². The Kier molecular flexibility index (Phi) is 4.18. The van der Waals surface area contributed by atoms with Gasteiger partial charge in [-0.2, -0.15) is 11.8 Å². The van der Waals surface area contributed by atoms with E-state index < -0.39 is 0 Å². The number of hydrogen-bond acceptors (Lipinski definition) is 5. The summed E-state index contributed by atoms with van der Waals surface area (Å²) in [7, 11) is 0. The van der Waals surface area contributed by atoms with Crippen molar-refractivity contribution in [3.8, 4) is 0 Å². The first-order chi connectivity index (χ1) is 9.33. The van der Waals surface area contributed by atoms with Gasteiger partial charge in [-0.3, -0.25) is 4.90 Å². The van der Waals surface area contributed by atoms with Crippen LogP contribution in [0.2, 0.25) is 0 Å². The number of hydrogen-bond donors (Lipinski definition) is 0. The van der Waals surface area contributed by atoms with Gasteiger partial charge in [0, 0.05) is 38.0 Å². The van der Waals surface area contributed by atoms with Gasteiger partial charge in [0.15, 0.2) is 5.82 Å². The zero-order valence-electron chi connectivity index (χ0n) is 11.0. The lowest BCUT2D eigenvalue weighted by Crippen LogP contribution is -2.38. The van der Waals surface area contributed by atoms with E-state index in [1.165, 1.54) is 30.3 Å². The molecule has 0 radical (unpaired) electrons. The minimum absolute atomic E-state index is 0.372. The Hall–Kier alpha value is -0.880. The van der Waals surface area contributed by atoms with Crippen molar-refractivity contribution in [2.75, 3.05) is 42.6 Å². The lowest BCUT2D eigenvalue weighted by atomic mass is 10.2. The Balaban J connectivity index is 1.62. The van der Waals surface area contributed by atoms with Crippen molar-refractivity contribution in [1.82, 2.24) is 14.9 Å². The zero-order chi connectivity index (χ0) is 13.1. The summed E-state index contributed by atoms with van der Waals surface area (Å²) in [5, 5.41) is 0. The van der Waals surface area contributed by atoms with Crippen LogP contribution in [0.4, 0.5) is 10.3 Å². The van der Waals surface area contributed by atoms with Gasteiger partial charge in [-0.25, -0.2) is 14.4 Å². The van der Waals surface area contributed by atoms with Crippen molar-refractivity contribution < 1.29 is 4.39 Å². The fourth-order valence-corrected chi connectivity index (χ4v) is 4.04. The third-order valence-corrected chi connectivity index (χ3v) is 4.99. The molecule has 0 saturated carbocycles. The van der Waals surface area contributed by atoms with E-state index in [1.807, 2.05) is 0 Å². The van der Waals surface area contributed by atoms with Crippen LogP contribution in [0.25, 0.3) is 0 Å². The standard InChI is InChI=1S/C13H19FN4S/c14-11-8-15-13(16-9-11)18-4-1-3-17(5-6-18)12-2-7-19-10-12/h8-9,12H,1-7,10H2. The topological polar surface area (TPSA) is 32.3 Å². The third-order valence-electron chi connectivity index (χ3n) is 3.84. The van der Waals surface area contributed by atoms with Crippen LogP contribution in [-0.4, -0.2) is 58.6 Å². The Morgan fingerprint density at radius 1 is 1.16 bits per heavy atom. The van der Waals surface area contributed by atoms with Crippen LogP contribution in [-0.2, 0) is 0 Å². The summed E-state index contributed by atoms with van der Waals surface area (Å²) < 4.78 is 12.8. The second kappa shape index (κ2) is 6.05. The van der Waals surface area contributed by atoms with Gasteiger partial charge in [0.1, 0.15) is 0 Å². The van der Waals surface area contributed by atoms with Gasteiger partial charge >= 0.3 is 0 Å². The van der Waals surface area contributed by atoms with Crippen molar-refractivity contribution in [1.29, 1.82) is 0 Å². The molecule has 19 heavy (non-hydrogen) atoms. The number of rotatable bonds is 2. The van der Waals surface area contributed by atoms with E-state index in [2.05, 4.69) is 31.5 Å². The van der Waals surface area contributed by atoms with Gasteiger partial charge in [-0.05, 0) is 18.6 Å². The number of anilines is 1. The van der Waals surface area contributed by atoms with E-state index in [0.717, 1.165) is 38.6 Å². The molecule has 0 amide bonds. The largest absolute Gasteiger partial charge is 0.339 e. The molecule has 2 aliphatic heterocycles. The lowest BCUT2D eigenvalue weighted by Gasteiger charge is -2.26. The first kappa shape index (κ1) is 13.1. The van der Waals surface area contributed by atoms with Gasteiger partial charge in [-0.15, -0.1) is 0 Å². The third kappa shape index (κ3) is 3.17. The fourth-order valence-electron chi connectivity index (χ4n) is 2.78. The molecule has 3 rings (SSSR count). The molecular formula is C13H19FN4S. The van der Waals surface area contributed by atoms with Gasteiger partial charge in [-0.1, -0.05) is 0 Å². The molecule has 4 nitrogen and oxygen atoms in total. The van der Waals surface area contributed by atoms with Crippen LogP contribution in [0.1, 0.15) is 12.8 Å². The molecule has 104 valence electrons. The highest BCUT2D eigenvalue weighted by Gasteiger charge is 2.25. The minimum atomic E-state index is -0.372. The van der Waals surface area contributed by atoms with Crippen LogP contribution < -0.4 is 4.90 Å². The van der Waals surface area contributed by atoms with E-state index in [0.29, 0.717) is 5.95 Å². The molecule has 1 aromatic rings. The Morgan fingerprint density at radius 2 is 2.00 bits per heavy atom. The molecule has 0 aliphatic carbocycles. The van der Waals surface area contributed by atoms with Crippen molar-refractivity contribution >= 4 is 17.7 Å². The summed E-state index contributed by atoms with van der Waals surface area (Å²) in [6.45, 7) is 4.11. The first-order valence-corrected chi connectivity index (χ1v) is 8.03. The maximum atomic E-state index is 12.8. The molecule has 1 atom stereocenters. The Labute approximate surface area is 117 Å². The highest BCUT2D eigenvalue weighted by atomic mass is 32.2. The molecule has 2 aliphatic rings. The van der Waals surface area contributed by atoms with Gasteiger partial charge in [0.2, 0.25) is 5.95 Å². The van der Waals surface area contributed by atoms with Crippen LogP contribution >= 0.6 is 11.8 Å². The molecule has 0 bridgehead atoms. The van der Waals surface area contributed by atoms with Crippen LogP contribution in [0.5, 0.6) is 0 Å². The minimum Gasteiger partial charge on any atom is -0.339 e. The SMILES string of the molecule is Fc1cnc(N2CCCN(C3CCSC3)CC2)nc1. The molecule has 1 unspecified atom stereocenters. The maximum Gasteiger partial charge on any atom is 0.225 e. The average Bonchev–Trinajstić information content (AvgIpc) is 2.85. The summed E-state index contributed by atoms with van der Waals surface area (Å²) in [4.78, 5) is 12.9. The Bertz CT molecular complexity index is 408. The molecule has 6 heteroatoms.